The lowest BCUT2D eigenvalue weighted by Gasteiger charge is -2.32. The molecule has 0 amide bonds. The van der Waals surface area contributed by atoms with E-state index in [1.807, 2.05) is 24.3 Å². The minimum Gasteiger partial charge on any atom is -0.493 e. The molecule has 0 N–H and O–H groups in total. The average molecular weight is 385 g/mol. The van der Waals surface area contributed by atoms with Crippen LogP contribution in [0.25, 0.3) is 0 Å². The van der Waals surface area contributed by atoms with Crippen LogP contribution in [0.3, 0.4) is 0 Å². The number of hydrogen-bond acceptors (Lipinski definition) is 5. The molecule has 0 saturated carbocycles. The summed E-state index contributed by atoms with van der Waals surface area (Å²) in [6.45, 7) is 6.27. The molecule has 0 aliphatic carbocycles. The molecule has 5 nitrogen and oxygen atoms in total. The maximum absolute atomic E-state index is 6.17. The molecule has 0 atom stereocenters. The van der Waals surface area contributed by atoms with Crippen LogP contribution in [0.2, 0.25) is 0 Å². The van der Waals surface area contributed by atoms with Gasteiger partial charge in [0.05, 0.1) is 14.2 Å². The highest BCUT2D eigenvalue weighted by molar-refractivity contribution is 5.50. The number of ether oxygens (including phenoxy) is 3. The van der Waals surface area contributed by atoms with Gasteiger partial charge in [0.25, 0.3) is 0 Å². The molecular formula is C23H32N2O3. The molecule has 3 rings (SSSR count). The molecule has 0 unspecified atom stereocenters. The first-order chi connectivity index (χ1) is 13.7. The summed E-state index contributed by atoms with van der Waals surface area (Å²) in [5.74, 6) is 2.33. The zero-order valence-electron chi connectivity index (χ0n) is 17.3. The minimum absolute atomic E-state index is 0.543. The smallest absolute Gasteiger partial charge is 0.164 e. The van der Waals surface area contributed by atoms with Gasteiger partial charge >= 0.3 is 0 Å². The third kappa shape index (κ3) is 5.63. The predicted molar refractivity (Wildman–Crippen MR) is 113 cm³/mol. The SMILES string of the molecule is COc1cc(CCCN2CCN(C)CC2)c(OCc2ccccc2)cc1OC. The number of benzene rings is 2. The number of aryl methyl sites for hydroxylation is 1. The maximum atomic E-state index is 6.17. The van der Waals surface area contributed by atoms with Crippen molar-refractivity contribution in [3.63, 3.8) is 0 Å². The molecule has 2 aromatic rings. The molecule has 152 valence electrons. The van der Waals surface area contributed by atoms with Crippen molar-refractivity contribution in [3.05, 3.63) is 53.6 Å². The lowest BCUT2D eigenvalue weighted by Crippen LogP contribution is -2.44. The molecule has 1 aliphatic rings. The van der Waals surface area contributed by atoms with Gasteiger partial charge < -0.3 is 24.0 Å². The van der Waals surface area contributed by atoms with Crippen LogP contribution in [0, 0.1) is 0 Å². The number of likely N-dealkylation sites (N-methyl/N-ethyl adjacent to an activating group) is 1. The van der Waals surface area contributed by atoms with Crippen molar-refractivity contribution in [3.8, 4) is 17.2 Å². The summed E-state index contributed by atoms with van der Waals surface area (Å²) in [7, 11) is 5.53. The van der Waals surface area contributed by atoms with E-state index in [9.17, 15) is 0 Å². The van der Waals surface area contributed by atoms with E-state index in [-0.39, 0.29) is 0 Å². The second kappa shape index (κ2) is 10.3. The van der Waals surface area contributed by atoms with Gasteiger partial charge in [-0.25, -0.2) is 0 Å². The number of hydrogen-bond donors (Lipinski definition) is 0. The van der Waals surface area contributed by atoms with Crippen molar-refractivity contribution in [2.45, 2.75) is 19.4 Å². The topological polar surface area (TPSA) is 34.2 Å². The zero-order chi connectivity index (χ0) is 19.8. The molecule has 1 aliphatic heterocycles. The normalized spacial score (nSPS) is 15.4. The fraction of sp³-hybridized carbons (Fsp3) is 0.478. The van der Waals surface area contributed by atoms with Crippen molar-refractivity contribution in [2.75, 3.05) is 54.0 Å². The van der Waals surface area contributed by atoms with Crippen molar-refractivity contribution in [2.24, 2.45) is 0 Å². The first-order valence-corrected chi connectivity index (χ1v) is 10.0. The van der Waals surface area contributed by atoms with Gasteiger partial charge in [-0.05, 0) is 43.6 Å². The van der Waals surface area contributed by atoms with Crippen LogP contribution in [0.4, 0.5) is 0 Å². The van der Waals surface area contributed by atoms with Crippen molar-refractivity contribution >= 4 is 0 Å². The van der Waals surface area contributed by atoms with E-state index in [4.69, 9.17) is 14.2 Å². The average Bonchev–Trinajstić information content (AvgIpc) is 2.74. The second-order valence-electron chi connectivity index (χ2n) is 7.34. The maximum Gasteiger partial charge on any atom is 0.164 e. The van der Waals surface area contributed by atoms with Gasteiger partial charge in [-0.3, -0.25) is 0 Å². The van der Waals surface area contributed by atoms with Crippen molar-refractivity contribution in [1.29, 1.82) is 0 Å². The summed E-state index contributed by atoms with van der Waals surface area (Å²) < 4.78 is 17.1. The largest absolute Gasteiger partial charge is 0.493 e. The predicted octanol–water partition coefficient (Wildman–Crippen LogP) is 3.46. The highest BCUT2D eigenvalue weighted by Gasteiger charge is 2.15. The van der Waals surface area contributed by atoms with E-state index in [1.54, 1.807) is 14.2 Å². The number of rotatable bonds is 9. The van der Waals surface area contributed by atoms with Crippen molar-refractivity contribution < 1.29 is 14.2 Å². The van der Waals surface area contributed by atoms with Gasteiger partial charge in [0.15, 0.2) is 11.5 Å². The molecular weight excluding hydrogens is 352 g/mol. The minimum atomic E-state index is 0.543. The molecule has 1 saturated heterocycles. The highest BCUT2D eigenvalue weighted by Crippen LogP contribution is 2.35. The molecule has 28 heavy (non-hydrogen) atoms. The first-order valence-electron chi connectivity index (χ1n) is 10.0. The van der Waals surface area contributed by atoms with Crippen molar-refractivity contribution in [1.82, 2.24) is 9.80 Å². The van der Waals surface area contributed by atoms with Gasteiger partial charge in [-0.1, -0.05) is 30.3 Å². The summed E-state index contributed by atoms with van der Waals surface area (Å²) >= 11 is 0. The fourth-order valence-corrected chi connectivity index (χ4v) is 3.53. The molecule has 1 heterocycles. The van der Waals surface area contributed by atoms with Crippen LogP contribution in [0.5, 0.6) is 17.2 Å². The Bertz CT molecular complexity index is 728. The first kappa shape index (κ1) is 20.5. The molecule has 0 aromatic heterocycles. The van der Waals surface area contributed by atoms with Gasteiger partial charge in [-0.15, -0.1) is 0 Å². The molecule has 0 spiro atoms. The van der Waals surface area contributed by atoms with Crippen LogP contribution in [-0.2, 0) is 13.0 Å². The van der Waals surface area contributed by atoms with Crippen LogP contribution in [0.1, 0.15) is 17.5 Å². The number of piperazine rings is 1. The number of nitrogens with zero attached hydrogens (tertiary/aromatic N) is 2. The van der Waals surface area contributed by atoms with Gasteiger partial charge in [0.1, 0.15) is 12.4 Å². The summed E-state index contributed by atoms with van der Waals surface area (Å²) in [5.41, 5.74) is 2.32. The van der Waals surface area contributed by atoms with E-state index in [2.05, 4.69) is 35.0 Å². The fourth-order valence-electron chi connectivity index (χ4n) is 3.53. The van der Waals surface area contributed by atoms with Crippen LogP contribution >= 0.6 is 0 Å². The molecule has 0 bridgehead atoms. The molecule has 0 radical (unpaired) electrons. The van der Waals surface area contributed by atoms with Gasteiger partial charge in [-0.2, -0.15) is 0 Å². The molecule has 1 fully saturated rings. The second-order valence-corrected chi connectivity index (χ2v) is 7.34. The molecule has 2 aromatic carbocycles. The number of methoxy groups -OCH3 is 2. The summed E-state index contributed by atoms with van der Waals surface area (Å²) in [5, 5.41) is 0. The van der Waals surface area contributed by atoms with E-state index in [1.165, 1.54) is 5.56 Å². The summed E-state index contributed by atoms with van der Waals surface area (Å²) in [4.78, 5) is 4.94. The van der Waals surface area contributed by atoms with Gasteiger partial charge in [0.2, 0.25) is 0 Å². The lowest BCUT2D eigenvalue weighted by molar-refractivity contribution is 0.153. The highest BCUT2D eigenvalue weighted by atomic mass is 16.5. The Balaban J connectivity index is 1.66. The Morgan fingerprint density at radius 2 is 1.54 bits per heavy atom. The Hall–Kier alpha value is -2.24. The quantitative estimate of drug-likeness (QED) is 0.661. The zero-order valence-corrected chi connectivity index (χ0v) is 17.3. The lowest BCUT2D eigenvalue weighted by atomic mass is 10.1. The van der Waals surface area contributed by atoms with E-state index in [0.29, 0.717) is 12.4 Å². The Labute approximate surface area is 168 Å². The van der Waals surface area contributed by atoms with E-state index in [0.717, 1.165) is 62.6 Å². The Kier molecular flexibility index (Phi) is 7.57. The standard InChI is InChI=1S/C23H32N2O3/c1-24-12-14-25(15-13-24)11-7-10-20-16-22(26-2)23(27-3)17-21(20)28-18-19-8-5-4-6-9-19/h4-6,8-9,16-17H,7,10-15,18H2,1-3H3. The third-order valence-electron chi connectivity index (χ3n) is 5.32. The van der Waals surface area contributed by atoms with E-state index >= 15 is 0 Å². The third-order valence-corrected chi connectivity index (χ3v) is 5.32. The molecule has 5 heteroatoms. The Morgan fingerprint density at radius 3 is 2.21 bits per heavy atom. The van der Waals surface area contributed by atoms with Crippen LogP contribution in [-0.4, -0.2) is 63.8 Å². The van der Waals surface area contributed by atoms with Crippen LogP contribution < -0.4 is 14.2 Å². The van der Waals surface area contributed by atoms with Gasteiger partial charge in [0, 0.05) is 32.2 Å². The Morgan fingerprint density at radius 1 is 0.857 bits per heavy atom. The summed E-state index contributed by atoms with van der Waals surface area (Å²) in [6.07, 6.45) is 2.05. The monoisotopic (exact) mass is 384 g/mol. The van der Waals surface area contributed by atoms with E-state index < -0.39 is 0 Å². The summed E-state index contributed by atoms with van der Waals surface area (Å²) in [6, 6.07) is 14.2. The van der Waals surface area contributed by atoms with Crippen LogP contribution in [0.15, 0.2) is 42.5 Å².